The highest BCUT2D eigenvalue weighted by molar-refractivity contribution is 7.88. The molecule has 0 spiro atoms. The second-order valence-electron chi connectivity index (χ2n) is 7.21. The molecule has 1 aromatic heterocycles. The van der Waals surface area contributed by atoms with Crippen molar-refractivity contribution in [3.05, 3.63) is 58.9 Å². The Morgan fingerprint density at radius 1 is 1.07 bits per heavy atom. The summed E-state index contributed by atoms with van der Waals surface area (Å²) in [5, 5.41) is 0.481. The second-order valence-corrected chi connectivity index (χ2v) is 9.42. The number of nitrogens with one attached hydrogen (secondary N) is 1. The van der Waals surface area contributed by atoms with E-state index in [1.54, 1.807) is 24.3 Å². The molecule has 1 atom stereocenters. The molecule has 0 amide bonds. The van der Waals surface area contributed by atoms with Gasteiger partial charge in [0.25, 0.3) is 0 Å². The fraction of sp³-hybridized carbons (Fsp3) is 0.500. The smallest absolute Gasteiger partial charge is 0.215 e. The molecule has 27 heavy (non-hydrogen) atoms. The number of aromatic nitrogens is 1. The minimum absolute atomic E-state index is 0.0316. The lowest BCUT2D eigenvalue weighted by Crippen LogP contribution is -2.39. The number of likely N-dealkylation sites (tertiary alicyclic amines) is 1. The summed E-state index contributed by atoms with van der Waals surface area (Å²) in [5.74, 6) is -0.105. The van der Waals surface area contributed by atoms with Crippen LogP contribution in [0.1, 0.15) is 43.0 Å². The van der Waals surface area contributed by atoms with Crippen LogP contribution in [0, 0.1) is 0 Å². The summed E-state index contributed by atoms with van der Waals surface area (Å²) in [5.41, 5.74) is 1.76. The third-order valence-corrected chi connectivity index (χ3v) is 6.87. The van der Waals surface area contributed by atoms with Gasteiger partial charge in [0.05, 0.1) is 11.8 Å². The van der Waals surface area contributed by atoms with E-state index in [4.69, 9.17) is 11.6 Å². The van der Waals surface area contributed by atoms with Crippen molar-refractivity contribution in [1.29, 1.82) is 0 Å². The van der Waals surface area contributed by atoms with Gasteiger partial charge in [-0.15, -0.1) is 0 Å². The summed E-state index contributed by atoms with van der Waals surface area (Å²) in [6.45, 7) is 2.37. The standard InChI is InChI=1S/C20H28ClN3O2S/c1-23-12-8-11-19(23)20(24-13-6-2-3-7-14-24)15-22-27(25,26)16-17-9-4-5-10-18(17)21/h4-5,8-12,20,22H,2-3,6-7,13-16H2,1H3. The predicted octanol–water partition coefficient (Wildman–Crippen LogP) is 3.72. The van der Waals surface area contributed by atoms with Crippen LogP contribution in [0.4, 0.5) is 0 Å². The van der Waals surface area contributed by atoms with Gasteiger partial charge in [-0.05, 0) is 49.7 Å². The van der Waals surface area contributed by atoms with Gasteiger partial charge in [0.2, 0.25) is 10.0 Å². The van der Waals surface area contributed by atoms with Crippen LogP contribution in [0.15, 0.2) is 42.6 Å². The molecule has 1 aliphatic rings. The maximum atomic E-state index is 12.7. The van der Waals surface area contributed by atoms with Crippen LogP contribution in [0.5, 0.6) is 0 Å². The van der Waals surface area contributed by atoms with E-state index in [2.05, 4.69) is 20.3 Å². The molecule has 0 aliphatic carbocycles. The molecule has 1 aliphatic heterocycles. The van der Waals surface area contributed by atoms with E-state index in [9.17, 15) is 8.42 Å². The second kappa shape index (κ2) is 9.24. The summed E-state index contributed by atoms with van der Waals surface area (Å²) in [7, 11) is -1.46. The van der Waals surface area contributed by atoms with Crippen LogP contribution < -0.4 is 4.72 Å². The first-order valence-electron chi connectivity index (χ1n) is 9.52. The van der Waals surface area contributed by atoms with Crippen molar-refractivity contribution >= 4 is 21.6 Å². The number of benzene rings is 1. The molecule has 7 heteroatoms. The first kappa shape index (κ1) is 20.4. The molecule has 1 fully saturated rings. The van der Waals surface area contributed by atoms with Gasteiger partial charge in [-0.1, -0.05) is 42.6 Å². The summed E-state index contributed by atoms with van der Waals surface area (Å²) >= 11 is 6.13. The number of aryl methyl sites for hydroxylation is 1. The number of halogens is 1. The molecule has 0 saturated carbocycles. The molecule has 5 nitrogen and oxygen atoms in total. The topological polar surface area (TPSA) is 54.3 Å². The maximum Gasteiger partial charge on any atom is 0.215 e. The van der Waals surface area contributed by atoms with Crippen LogP contribution in [0.25, 0.3) is 0 Å². The first-order valence-corrected chi connectivity index (χ1v) is 11.6. The van der Waals surface area contributed by atoms with E-state index >= 15 is 0 Å². The molecule has 148 valence electrons. The lowest BCUT2D eigenvalue weighted by molar-refractivity contribution is 0.199. The van der Waals surface area contributed by atoms with E-state index < -0.39 is 10.0 Å². The Labute approximate surface area is 167 Å². The molecule has 2 aromatic rings. The molecule has 1 aromatic carbocycles. The SMILES string of the molecule is Cn1cccc1C(CNS(=O)(=O)Cc1ccccc1Cl)N1CCCCCC1. The third-order valence-electron chi connectivity index (χ3n) is 5.21. The number of sulfonamides is 1. The predicted molar refractivity (Wildman–Crippen MR) is 110 cm³/mol. The van der Waals surface area contributed by atoms with Crippen LogP contribution in [-0.4, -0.2) is 37.5 Å². The molecule has 2 heterocycles. The van der Waals surface area contributed by atoms with Gasteiger partial charge in [0.1, 0.15) is 0 Å². The summed E-state index contributed by atoms with van der Waals surface area (Å²) in [6.07, 6.45) is 6.82. The Bertz CT molecular complexity index is 842. The molecular weight excluding hydrogens is 382 g/mol. The number of rotatable bonds is 7. The van der Waals surface area contributed by atoms with Gasteiger partial charge in [0, 0.05) is 30.5 Å². The monoisotopic (exact) mass is 409 g/mol. The van der Waals surface area contributed by atoms with Crippen molar-refractivity contribution in [3.63, 3.8) is 0 Å². The molecule has 0 bridgehead atoms. The summed E-state index contributed by atoms with van der Waals surface area (Å²) in [4.78, 5) is 2.42. The van der Waals surface area contributed by atoms with Crippen LogP contribution in [-0.2, 0) is 22.8 Å². The van der Waals surface area contributed by atoms with E-state index in [0.717, 1.165) is 31.6 Å². The fourth-order valence-corrected chi connectivity index (χ4v) is 5.18. The van der Waals surface area contributed by atoms with E-state index in [1.165, 1.54) is 12.8 Å². The summed E-state index contributed by atoms with van der Waals surface area (Å²) < 4.78 is 30.2. The van der Waals surface area contributed by atoms with Crippen molar-refractivity contribution < 1.29 is 8.42 Å². The van der Waals surface area contributed by atoms with Gasteiger partial charge < -0.3 is 4.57 Å². The van der Waals surface area contributed by atoms with Crippen LogP contribution in [0.2, 0.25) is 5.02 Å². The van der Waals surface area contributed by atoms with Gasteiger partial charge in [-0.25, -0.2) is 13.1 Å². The number of hydrogen-bond acceptors (Lipinski definition) is 3. The van der Waals surface area contributed by atoms with Gasteiger partial charge >= 0.3 is 0 Å². The van der Waals surface area contributed by atoms with Crippen molar-refractivity contribution in [3.8, 4) is 0 Å². The molecule has 0 radical (unpaired) electrons. The lowest BCUT2D eigenvalue weighted by atomic mass is 10.1. The molecular formula is C20H28ClN3O2S. The van der Waals surface area contributed by atoms with Gasteiger partial charge in [-0.2, -0.15) is 0 Å². The van der Waals surface area contributed by atoms with Crippen molar-refractivity contribution in [2.75, 3.05) is 19.6 Å². The van der Waals surface area contributed by atoms with Crippen molar-refractivity contribution in [2.45, 2.75) is 37.5 Å². The highest BCUT2D eigenvalue weighted by Gasteiger charge is 2.25. The maximum absolute atomic E-state index is 12.7. The normalized spacial score (nSPS) is 17.6. The van der Waals surface area contributed by atoms with Crippen LogP contribution in [0.3, 0.4) is 0 Å². The van der Waals surface area contributed by atoms with E-state index in [0.29, 0.717) is 17.1 Å². The zero-order chi connectivity index (χ0) is 19.3. The minimum Gasteiger partial charge on any atom is -0.353 e. The average molecular weight is 410 g/mol. The summed E-state index contributed by atoms with van der Waals surface area (Å²) in [6, 6.07) is 11.2. The Hall–Kier alpha value is -1.34. The Morgan fingerprint density at radius 3 is 2.41 bits per heavy atom. The zero-order valence-electron chi connectivity index (χ0n) is 15.8. The largest absolute Gasteiger partial charge is 0.353 e. The lowest BCUT2D eigenvalue weighted by Gasteiger charge is -2.31. The third kappa shape index (κ3) is 5.57. The van der Waals surface area contributed by atoms with Crippen molar-refractivity contribution in [1.82, 2.24) is 14.2 Å². The average Bonchev–Trinajstić information content (AvgIpc) is 2.88. The number of nitrogens with zero attached hydrogens (tertiary/aromatic N) is 2. The zero-order valence-corrected chi connectivity index (χ0v) is 17.3. The highest BCUT2D eigenvalue weighted by atomic mass is 35.5. The molecule has 1 unspecified atom stereocenters. The Kier molecular flexibility index (Phi) is 6.98. The van der Waals surface area contributed by atoms with E-state index in [1.807, 2.05) is 19.3 Å². The van der Waals surface area contributed by atoms with Crippen molar-refractivity contribution in [2.24, 2.45) is 7.05 Å². The molecule has 1 N–H and O–H groups in total. The first-order chi connectivity index (χ1) is 13.0. The Balaban J connectivity index is 1.74. The molecule has 1 saturated heterocycles. The van der Waals surface area contributed by atoms with Gasteiger partial charge in [-0.3, -0.25) is 4.90 Å². The fourth-order valence-electron chi connectivity index (χ4n) is 3.73. The highest BCUT2D eigenvalue weighted by Crippen LogP contribution is 2.24. The molecule has 3 rings (SSSR count). The quantitative estimate of drug-likeness (QED) is 0.758. The minimum atomic E-state index is -3.47. The van der Waals surface area contributed by atoms with Crippen LogP contribution >= 0.6 is 11.6 Å². The Morgan fingerprint density at radius 2 is 1.78 bits per heavy atom. The number of hydrogen-bond donors (Lipinski definition) is 1. The van der Waals surface area contributed by atoms with E-state index in [-0.39, 0.29) is 11.8 Å². The van der Waals surface area contributed by atoms with Gasteiger partial charge in [0.15, 0.2) is 0 Å².